The van der Waals surface area contributed by atoms with Crippen LogP contribution in [-0.4, -0.2) is 35.7 Å². The van der Waals surface area contributed by atoms with Gasteiger partial charge in [0, 0.05) is 12.1 Å². The molecule has 1 aliphatic rings. The summed E-state index contributed by atoms with van der Waals surface area (Å²) in [4.78, 5) is 13.4. The van der Waals surface area contributed by atoms with E-state index in [2.05, 4.69) is 0 Å². The van der Waals surface area contributed by atoms with Crippen LogP contribution in [0.1, 0.15) is 47.1 Å². The van der Waals surface area contributed by atoms with Crippen LogP contribution < -0.4 is 4.74 Å². The van der Waals surface area contributed by atoms with Crippen LogP contribution in [0.4, 0.5) is 13.2 Å². The lowest BCUT2D eigenvalue weighted by molar-refractivity contribution is -0.145. The number of methoxy groups -OCH3 is 1. The van der Waals surface area contributed by atoms with E-state index in [1.165, 1.54) is 19.3 Å². The SMILES string of the molecule is COc1cc(C=Cc2cccc(-c3ccccc3)c2C)c(C(F)(F)F)cc1CN1CCCCC1C(=O)O. The van der Waals surface area contributed by atoms with Crippen molar-refractivity contribution in [1.82, 2.24) is 4.90 Å². The van der Waals surface area contributed by atoms with Crippen molar-refractivity contribution in [3.63, 3.8) is 0 Å². The van der Waals surface area contributed by atoms with E-state index < -0.39 is 23.8 Å². The summed E-state index contributed by atoms with van der Waals surface area (Å²) in [6.07, 6.45) is 0.638. The Hall–Kier alpha value is -3.58. The van der Waals surface area contributed by atoms with Gasteiger partial charge in [0.2, 0.25) is 0 Å². The molecule has 0 spiro atoms. The predicted molar refractivity (Wildman–Crippen MR) is 139 cm³/mol. The molecule has 0 bridgehead atoms. The topological polar surface area (TPSA) is 49.8 Å². The second kappa shape index (κ2) is 11.2. The Morgan fingerprint density at radius 3 is 2.46 bits per heavy atom. The molecule has 194 valence electrons. The molecule has 4 nitrogen and oxygen atoms in total. The smallest absolute Gasteiger partial charge is 0.417 e. The molecule has 1 fully saturated rings. The van der Waals surface area contributed by atoms with Crippen LogP contribution in [0.15, 0.2) is 60.7 Å². The molecule has 37 heavy (non-hydrogen) atoms. The van der Waals surface area contributed by atoms with E-state index in [0.717, 1.165) is 41.2 Å². The quantitative estimate of drug-likeness (QED) is 0.340. The molecule has 3 aromatic carbocycles. The van der Waals surface area contributed by atoms with E-state index >= 15 is 0 Å². The van der Waals surface area contributed by atoms with Gasteiger partial charge in [-0.05, 0) is 66.3 Å². The zero-order valence-corrected chi connectivity index (χ0v) is 20.9. The number of likely N-dealkylation sites (tertiary alicyclic amines) is 1. The van der Waals surface area contributed by atoms with Crippen LogP contribution in [0.25, 0.3) is 23.3 Å². The summed E-state index contributed by atoms with van der Waals surface area (Å²) in [6.45, 7) is 2.54. The average Bonchev–Trinajstić information content (AvgIpc) is 2.88. The summed E-state index contributed by atoms with van der Waals surface area (Å²) in [5.74, 6) is -0.653. The number of ether oxygens (including phenoxy) is 1. The van der Waals surface area contributed by atoms with Gasteiger partial charge in [0.1, 0.15) is 11.8 Å². The molecule has 7 heteroatoms. The van der Waals surface area contributed by atoms with Crippen LogP contribution in [0.2, 0.25) is 0 Å². The third-order valence-electron chi connectivity index (χ3n) is 6.93. The maximum Gasteiger partial charge on any atom is 0.417 e. The fraction of sp³-hybridized carbons (Fsp3) is 0.300. The van der Waals surface area contributed by atoms with Crippen LogP contribution in [0, 0.1) is 6.92 Å². The maximum atomic E-state index is 14.2. The van der Waals surface area contributed by atoms with Crippen LogP contribution in [0.5, 0.6) is 5.75 Å². The molecule has 0 amide bonds. The Bertz CT molecular complexity index is 1290. The van der Waals surface area contributed by atoms with Crippen molar-refractivity contribution in [2.45, 2.75) is 44.9 Å². The highest BCUT2D eigenvalue weighted by molar-refractivity contribution is 5.78. The molecular weight excluding hydrogens is 479 g/mol. The van der Waals surface area contributed by atoms with Gasteiger partial charge in [0.05, 0.1) is 12.7 Å². The number of carbonyl (C=O) groups is 1. The Balaban J connectivity index is 1.71. The van der Waals surface area contributed by atoms with Crippen LogP contribution in [-0.2, 0) is 17.5 Å². The zero-order valence-electron chi connectivity index (χ0n) is 20.9. The molecule has 3 aromatic rings. The highest BCUT2D eigenvalue weighted by atomic mass is 19.4. The van der Waals surface area contributed by atoms with Gasteiger partial charge in [-0.3, -0.25) is 9.69 Å². The third kappa shape index (κ3) is 6.05. The lowest BCUT2D eigenvalue weighted by Gasteiger charge is -2.33. The molecular formula is C30H30F3NO3. The summed E-state index contributed by atoms with van der Waals surface area (Å²) in [5, 5.41) is 9.57. The van der Waals surface area contributed by atoms with Gasteiger partial charge in [-0.2, -0.15) is 13.2 Å². The molecule has 0 aliphatic carbocycles. The van der Waals surface area contributed by atoms with E-state index in [4.69, 9.17) is 4.74 Å². The monoisotopic (exact) mass is 509 g/mol. The Morgan fingerprint density at radius 1 is 1.05 bits per heavy atom. The first-order valence-electron chi connectivity index (χ1n) is 12.3. The number of nitrogens with zero attached hydrogens (tertiary/aromatic N) is 1. The van der Waals surface area contributed by atoms with E-state index in [1.54, 1.807) is 11.0 Å². The number of piperidine rings is 1. The molecule has 1 N–H and O–H groups in total. The number of benzene rings is 3. The first-order valence-corrected chi connectivity index (χ1v) is 12.3. The van der Waals surface area contributed by atoms with Crippen LogP contribution in [0.3, 0.4) is 0 Å². The largest absolute Gasteiger partial charge is 0.496 e. The summed E-state index contributed by atoms with van der Waals surface area (Å²) < 4.78 is 47.9. The van der Waals surface area contributed by atoms with Crippen molar-refractivity contribution < 1.29 is 27.8 Å². The zero-order chi connectivity index (χ0) is 26.6. The molecule has 1 unspecified atom stereocenters. The van der Waals surface area contributed by atoms with Gasteiger partial charge in [-0.15, -0.1) is 0 Å². The van der Waals surface area contributed by atoms with E-state index in [-0.39, 0.29) is 12.1 Å². The molecule has 0 saturated carbocycles. The predicted octanol–water partition coefficient (Wildman–Crippen LogP) is 7.30. The van der Waals surface area contributed by atoms with Crippen molar-refractivity contribution in [2.75, 3.05) is 13.7 Å². The molecule has 1 atom stereocenters. The van der Waals surface area contributed by atoms with Crippen molar-refractivity contribution in [3.05, 3.63) is 88.5 Å². The Morgan fingerprint density at radius 2 is 1.78 bits per heavy atom. The fourth-order valence-electron chi connectivity index (χ4n) is 4.96. The number of hydrogen-bond donors (Lipinski definition) is 1. The number of aliphatic carboxylic acids is 1. The van der Waals surface area contributed by atoms with Crippen LogP contribution >= 0.6 is 0 Å². The Labute approximate surface area is 215 Å². The van der Waals surface area contributed by atoms with Crippen molar-refractivity contribution in [2.24, 2.45) is 0 Å². The van der Waals surface area contributed by atoms with Gasteiger partial charge < -0.3 is 9.84 Å². The third-order valence-corrected chi connectivity index (χ3v) is 6.93. The number of carboxylic acid groups (broad SMARTS) is 1. The number of halogens is 3. The molecule has 0 aromatic heterocycles. The van der Waals surface area contributed by atoms with Gasteiger partial charge in [-0.1, -0.05) is 67.1 Å². The van der Waals surface area contributed by atoms with E-state index in [0.29, 0.717) is 24.3 Å². The molecule has 1 saturated heterocycles. The van der Waals surface area contributed by atoms with Gasteiger partial charge in [0.15, 0.2) is 0 Å². The molecule has 4 rings (SSSR count). The molecule has 0 radical (unpaired) electrons. The molecule has 1 heterocycles. The minimum absolute atomic E-state index is 0.00829. The molecule has 1 aliphatic heterocycles. The normalized spacial score (nSPS) is 16.7. The average molecular weight is 510 g/mol. The summed E-state index contributed by atoms with van der Waals surface area (Å²) in [5.41, 5.74) is 3.37. The van der Waals surface area contributed by atoms with Gasteiger partial charge >= 0.3 is 12.1 Å². The Kier molecular flexibility index (Phi) is 8.03. The van der Waals surface area contributed by atoms with Gasteiger partial charge in [0.25, 0.3) is 0 Å². The second-order valence-corrected chi connectivity index (χ2v) is 9.29. The fourth-order valence-corrected chi connectivity index (χ4v) is 4.96. The first-order chi connectivity index (χ1) is 17.7. The van der Waals surface area contributed by atoms with E-state index in [1.807, 2.05) is 55.5 Å². The summed E-state index contributed by atoms with van der Waals surface area (Å²) >= 11 is 0. The van der Waals surface area contributed by atoms with Crippen molar-refractivity contribution in [1.29, 1.82) is 0 Å². The highest BCUT2D eigenvalue weighted by Gasteiger charge is 2.35. The second-order valence-electron chi connectivity index (χ2n) is 9.29. The number of hydrogen-bond acceptors (Lipinski definition) is 3. The summed E-state index contributed by atoms with van der Waals surface area (Å²) in [7, 11) is 1.41. The number of carboxylic acids is 1. The first kappa shape index (κ1) is 26.5. The number of rotatable bonds is 7. The maximum absolute atomic E-state index is 14.2. The minimum Gasteiger partial charge on any atom is -0.496 e. The van der Waals surface area contributed by atoms with Crippen molar-refractivity contribution in [3.8, 4) is 16.9 Å². The van der Waals surface area contributed by atoms with E-state index in [9.17, 15) is 23.1 Å². The van der Waals surface area contributed by atoms with Gasteiger partial charge in [-0.25, -0.2) is 0 Å². The lowest BCUT2D eigenvalue weighted by Crippen LogP contribution is -2.44. The lowest BCUT2D eigenvalue weighted by atomic mass is 9.95. The van der Waals surface area contributed by atoms with Crippen molar-refractivity contribution >= 4 is 18.1 Å². The highest BCUT2D eigenvalue weighted by Crippen LogP contribution is 2.38. The minimum atomic E-state index is -4.59. The summed E-state index contributed by atoms with van der Waals surface area (Å²) in [6, 6.07) is 17.4. The number of alkyl halides is 3. The standard InChI is InChI=1S/C30H30F3NO3/c1-20-21(11-8-12-25(20)22-9-4-3-5-10-22)14-15-23-18-28(37-2)24(17-26(23)30(31,32)33)19-34-16-7-6-13-27(34)29(35)36/h3-5,8-12,14-15,17-18,27H,6-7,13,16,19H2,1-2H3,(H,35,36).